The summed E-state index contributed by atoms with van der Waals surface area (Å²) >= 11 is 12.4. The lowest BCUT2D eigenvalue weighted by Crippen LogP contribution is -2.52. The molecule has 0 saturated carbocycles. The molecule has 2 rings (SSSR count). The molecule has 0 aliphatic rings. The third-order valence-electron chi connectivity index (χ3n) is 5.75. The van der Waals surface area contributed by atoms with Crippen LogP contribution in [-0.2, 0) is 26.2 Å². The van der Waals surface area contributed by atoms with Crippen molar-refractivity contribution in [2.75, 3.05) is 23.7 Å². The van der Waals surface area contributed by atoms with Gasteiger partial charge in [0.1, 0.15) is 12.6 Å². The smallest absolute Gasteiger partial charge is 0.244 e. The third-order valence-corrected chi connectivity index (χ3v) is 7.48. The maximum atomic E-state index is 13.7. The molecule has 2 aromatic carbocycles. The maximum absolute atomic E-state index is 13.7. The lowest BCUT2D eigenvalue weighted by Gasteiger charge is -2.33. The van der Waals surface area contributed by atoms with Crippen molar-refractivity contribution in [3.8, 4) is 0 Å². The normalized spacial score (nSPS) is 12.2. The summed E-state index contributed by atoms with van der Waals surface area (Å²) in [7, 11) is -3.79. The largest absolute Gasteiger partial charge is 0.354 e. The number of carbonyl (C=O) groups is 2. The molecule has 7 nitrogen and oxygen atoms in total. The van der Waals surface area contributed by atoms with Crippen LogP contribution in [0.5, 0.6) is 0 Å². The number of hydrogen-bond donors (Lipinski definition) is 1. The molecule has 0 aliphatic heterocycles. The lowest BCUT2D eigenvalue weighted by atomic mass is 10.1. The van der Waals surface area contributed by atoms with E-state index in [-0.39, 0.29) is 12.5 Å². The van der Waals surface area contributed by atoms with E-state index in [1.807, 2.05) is 26.8 Å². The van der Waals surface area contributed by atoms with Crippen molar-refractivity contribution in [3.05, 3.63) is 63.1 Å². The van der Waals surface area contributed by atoms with E-state index in [0.717, 1.165) is 28.1 Å². The van der Waals surface area contributed by atoms with Crippen molar-refractivity contribution < 1.29 is 18.0 Å². The highest BCUT2D eigenvalue weighted by molar-refractivity contribution is 7.92. The van der Waals surface area contributed by atoms with Crippen LogP contribution in [0.25, 0.3) is 0 Å². The molecule has 0 bridgehead atoms. The number of nitrogens with one attached hydrogen (secondary N) is 1. The first-order valence-electron chi connectivity index (χ1n) is 11.4. The minimum atomic E-state index is -3.79. The summed E-state index contributed by atoms with van der Waals surface area (Å²) in [5.74, 6) is -0.817. The van der Waals surface area contributed by atoms with Crippen molar-refractivity contribution in [1.29, 1.82) is 0 Å². The van der Waals surface area contributed by atoms with Crippen LogP contribution in [0, 0.1) is 13.8 Å². The van der Waals surface area contributed by atoms with Gasteiger partial charge in [-0.25, -0.2) is 8.42 Å². The van der Waals surface area contributed by atoms with Crippen LogP contribution in [0.2, 0.25) is 10.0 Å². The summed E-state index contributed by atoms with van der Waals surface area (Å²) in [5.41, 5.74) is 2.89. The first kappa shape index (κ1) is 28.9. The van der Waals surface area contributed by atoms with E-state index in [2.05, 4.69) is 5.32 Å². The molecule has 35 heavy (non-hydrogen) atoms. The monoisotopic (exact) mass is 541 g/mol. The Morgan fingerprint density at radius 1 is 1.03 bits per heavy atom. The second-order valence-corrected chi connectivity index (χ2v) is 11.3. The van der Waals surface area contributed by atoms with Gasteiger partial charge in [0.15, 0.2) is 0 Å². The Bertz CT molecular complexity index is 1170. The van der Waals surface area contributed by atoms with Crippen molar-refractivity contribution in [3.63, 3.8) is 0 Å². The number of sulfonamides is 1. The highest BCUT2D eigenvalue weighted by atomic mass is 35.5. The number of halogens is 2. The lowest BCUT2D eigenvalue weighted by molar-refractivity contribution is -0.140. The SMILES string of the molecule is CCCNC(=O)[C@@H](CC)N(Cc1ccc(Cl)cc1Cl)C(=O)CN(c1ccc(C)c(C)c1)S(C)(=O)=O. The van der Waals surface area contributed by atoms with Crippen molar-refractivity contribution in [1.82, 2.24) is 10.2 Å². The van der Waals surface area contributed by atoms with Crippen molar-refractivity contribution >= 4 is 50.7 Å². The summed E-state index contributed by atoms with van der Waals surface area (Å²) in [6.45, 7) is 7.58. The molecule has 0 unspecified atom stereocenters. The number of benzene rings is 2. The van der Waals surface area contributed by atoms with E-state index in [1.54, 1.807) is 37.3 Å². The number of aryl methyl sites for hydroxylation is 2. The predicted octanol–water partition coefficient (Wildman–Crippen LogP) is 4.71. The zero-order chi connectivity index (χ0) is 26.3. The van der Waals surface area contributed by atoms with Gasteiger partial charge in [0.25, 0.3) is 0 Å². The standard InChI is InChI=1S/C25H33Cl2N3O4S/c1-6-12-28-25(32)23(7-2)29(15-19-9-10-20(26)14-22(19)27)24(31)16-30(35(5,33)34)21-11-8-17(3)18(4)13-21/h8-11,13-14,23H,6-7,12,15-16H2,1-5H3,(H,28,32)/t23-/m1/s1. The molecule has 0 aliphatic carbocycles. The van der Waals surface area contributed by atoms with Crippen LogP contribution in [0.1, 0.15) is 43.4 Å². The molecule has 10 heteroatoms. The van der Waals surface area contributed by atoms with E-state index in [4.69, 9.17) is 23.2 Å². The Morgan fingerprint density at radius 2 is 1.71 bits per heavy atom. The predicted molar refractivity (Wildman–Crippen MR) is 142 cm³/mol. The van der Waals surface area contributed by atoms with E-state index in [0.29, 0.717) is 34.3 Å². The number of carbonyl (C=O) groups excluding carboxylic acids is 2. The molecule has 0 fully saturated rings. The molecule has 1 atom stereocenters. The Hall–Kier alpha value is -2.29. The average molecular weight is 543 g/mol. The van der Waals surface area contributed by atoms with Crippen LogP contribution in [0.3, 0.4) is 0 Å². The van der Waals surface area contributed by atoms with E-state index in [1.165, 1.54) is 4.90 Å². The van der Waals surface area contributed by atoms with Crippen LogP contribution >= 0.6 is 23.2 Å². The molecular formula is C25H33Cl2N3O4S. The Morgan fingerprint density at radius 3 is 2.26 bits per heavy atom. The fourth-order valence-electron chi connectivity index (χ4n) is 3.61. The Kier molecular flexibility index (Phi) is 10.4. The summed E-state index contributed by atoms with van der Waals surface area (Å²) in [5, 5.41) is 3.64. The van der Waals surface area contributed by atoms with E-state index < -0.39 is 28.5 Å². The zero-order valence-electron chi connectivity index (χ0n) is 20.8. The first-order chi connectivity index (χ1) is 16.4. The van der Waals surface area contributed by atoms with Gasteiger partial charge in [-0.05, 0) is 67.6 Å². The van der Waals surface area contributed by atoms with Gasteiger partial charge in [-0.2, -0.15) is 0 Å². The van der Waals surface area contributed by atoms with E-state index >= 15 is 0 Å². The maximum Gasteiger partial charge on any atom is 0.244 e. The molecule has 0 aromatic heterocycles. The molecule has 2 amide bonds. The van der Waals surface area contributed by atoms with Crippen LogP contribution in [-0.4, -0.2) is 50.5 Å². The molecule has 0 heterocycles. The Balaban J connectivity index is 2.48. The van der Waals surface area contributed by atoms with Gasteiger partial charge >= 0.3 is 0 Å². The summed E-state index contributed by atoms with van der Waals surface area (Å²) in [4.78, 5) is 28.0. The van der Waals surface area contributed by atoms with Gasteiger partial charge in [-0.1, -0.05) is 49.2 Å². The highest BCUT2D eigenvalue weighted by Gasteiger charge is 2.32. The van der Waals surface area contributed by atoms with Gasteiger partial charge in [-0.15, -0.1) is 0 Å². The van der Waals surface area contributed by atoms with Gasteiger partial charge < -0.3 is 10.2 Å². The van der Waals surface area contributed by atoms with Crippen molar-refractivity contribution in [2.45, 2.75) is 53.1 Å². The van der Waals surface area contributed by atoms with Gasteiger partial charge in [0.05, 0.1) is 11.9 Å². The molecule has 0 saturated heterocycles. The Labute approximate surface area is 218 Å². The summed E-state index contributed by atoms with van der Waals surface area (Å²) < 4.78 is 26.4. The number of rotatable bonds is 11. The number of anilines is 1. The molecular weight excluding hydrogens is 509 g/mol. The molecule has 2 aromatic rings. The van der Waals surface area contributed by atoms with Crippen LogP contribution < -0.4 is 9.62 Å². The number of hydrogen-bond acceptors (Lipinski definition) is 4. The van der Waals surface area contributed by atoms with Crippen LogP contribution in [0.15, 0.2) is 36.4 Å². The summed E-state index contributed by atoms with van der Waals surface area (Å²) in [6, 6.07) is 9.32. The molecule has 0 spiro atoms. The minimum Gasteiger partial charge on any atom is -0.354 e. The molecule has 1 N–H and O–H groups in total. The van der Waals surface area contributed by atoms with Gasteiger partial charge in [0.2, 0.25) is 21.8 Å². The fourth-order valence-corrected chi connectivity index (χ4v) is 4.92. The highest BCUT2D eigenvalue weighted by Crippen LogP contribution is 2.25. The number of amides is 2. The van der Waals surface area contributed by atoms with Gasteiger partial charge in [0, 0.05) is 23.1 Å². The second kappa shape index (κ2) is 12.6. The van der Waals surface area contributed by atoms with E-state index in [9.17, 15) is 18.0 Å². The third kappa shape index (κ3) is 7.85. The van der Waals surface area contributed by atoms with Crippen LogP contribution in [0.4, 0.5) is 5.69 Å². The second-order valence-electron chi connectivity index (χ2n) is 8.51. The quantitative estimate of drug-likeness (QED) is 0.446. The van der Waals surface area contributed by atoms with Crippen molar-refractivity contribution in [2.24, 2.45) is 0 Å². The minimum absolute atomic E-state index is 0.0252. The first-order valence-corrected chi connectivity index (χ1v) is 14.1. The average Bonchev–Trinajstić information content (AvgIpc) is 2.78. The molecule has 0 radical (unpaired) electrons. The van der Waals surface area contributed by atoms with Gasteiger partial charge in [-0.3, -0.25) is 13.9 Å². The number of nitrogens with zero attached hydrogens (tertiary/aromatic N) is 2. The summed E-state index contributed by atoms with van der Waals surface area (Å²) in [6.07, 6.45) is 2.14. The molecule has 192 valence electrons. The topological polar surface area (TPSA) is 86.8 Å². The zero-order valence-corrected chi connectivity index (χ0v) is 23.1. The fraction of sp³-hybridized carbons (Fsp3) is 0.440.